The summed E-state index contributed by atoms with van der Waals surface area (Å²) in [6, 6.07) is 3.11. The molecule has 0 unspecified atom stereocenters. The monoisotopic (exact) mass is 211 g/mol. The van der Waals surface area contributed by atoms with Crippen molar-refractivity contribution in [3.63, 3.8) is 0 Å². The van der Waals surface area contributed by atoms with Crippen LogP contribution in [0.25, 0.3) is 0 Å². The van der Waals surface area contributed by atoms with Gasteiger partial charge in [0.1, 0.15) is 5.69 Å². The second-order valence-corrected chi connectivity index (χ2v) is 2.75. The third-order valence-electron chi connectivity index (χ3n) is 1.57. The molecule has 0 fully saturated rings. The fourth-order valence-electron chi connectivity index (χ4n) is 0.833. The zero-order valence-corrected chi connectivity index (χ0v) is 8.40. The normalized spacial score (nSPS) is 9.93. The van der Waals surface area contributed by atoms with E-state index in [0.717, 1.165) is 0 Å². The molecule has 1 heterocycles. The molecule has 1 aromatic heterocycles. The molecule has 1 amide bonds. The van der Waals surface area contributed by atoms with Gasteiger partial charge in [0, 0.05) is 7.11 Å². The van der Waals surface area contributed by atoms with Gasteiger partial charge < -0.3 is 10.5 Å². The highest BCUT2D eigenvalue weighted by atomic mass is 16.7. The number of hydrogen-bond acceptors (Lipinski definition) is 5. The number of nitrogens with one attached hydrogen (secondary N) is 1. The Bertz CT molecular complexity index is 313. The lowest BCUT2D eigenvalue weighted by Gasteiger charge is -2.04. The maximum Gasteiger partial charge on any atom is 0.293 e. The quantitative estimate of drug-likeness (QED) is 0.527. The molecule has 15 heavy (non-hydrogen) atoms. The first-order valence-electron chi connectivity index (χ1n) is 4.36. The average molecular weight is 211 g/mol. The first-order chi connectivity index (χ1) is 7.24. The molecule has 82 valence electrons. The minimum absolute atomic E-state index is 0.251. The molecule has 0 aliphatic rings. The van der Waals surface area contributed by atoms with Gasteiger partial charge in [0.15, 0.2) is 0 Å². The molecule has 0 atom stereocenters. The van der Waals surface area contributed by atoms with Crippen molar-refractivity contribution >= 4 is 11.6 Å². The topological polar surface area (TPSA) is 86.5 Å². The van der Waals surface area contributed by atoms with Crippen LogP contribution < -0.4 is 11.2 Å². The molecule has 6 nitrogen and oxygen atoms in total. The van der Waals surface area contributed by atoms with Crippen LogP contribution >= 0.6 is 0 Å². The zero-order chi connectivity index (χ0) is 11.1. The van der Waals surface area contributed by atoms with Crippen LogP contribution in [0.2, 0.25) is 0 Å². The zero-order valence-electron chi connectivity index (χ0n) is 8.40. The Balaban J connectivity index is 2.37. The lowest BCUT2D eigenvalue weighted by atomic mass is 10.3. The van der Waals surface area contributed by atoms with Gasteiger partial charge in [0.2, 0.25) is 0 Å². The number of rotatable bonds is 5. The number of carbonyl (C=O) groups is 1. The van der Waals surface area contributed by atoms with Crippen LogP contribution in [0.15, 0.2) is 18.3 Å². The Kier molecular flexibility index (Phi) is 4.52. The van der Waals surface area contributed by atoms with Crippen molar-refractivity contribution in [3.05, 3.63) is 24.0 Å². The van der Waals surface area contributed by atoms with E-state index in [1.165, 1.54) is 12.3 Å². The predicted molar refractivity (Wildman–Crippen MR) is 53.9 cm³/mol. The molecule has 1 rings (SSSR count). The Morgan fingerprint density at radius 1 is 1.53 bits per heavy atom. The molecule has 6 heteroatoms. The summed E-state index contributed by atoms with van der Waals surface area (Å²) in [5.74, 6) is -0.411. The lowest BCUT2D eigenvalue weighted by molar-refractivity contribution is 0.00858. The highest BCUT2D eigenvalue weighted by Gasteiger charge is 2.05. The van der Waals surface area contributed by atoms with Gasteiger partial charge in [-0.15, -0.1) is 0 Å². The summed E-state index contributed by atoms with van der Waals surface area (Å²) in [5.41, 5.74) is 8.41. The third kappa shape index (κ3) is 3.92. The molecule has 0 aliphatic heterocycles. The molecule has 0 saturated carbocycles. The molecule has 0 aromatic carbocycles. The van der Waals surface area contributed by atoms with Crippen molar-refractivity contribution < 1.29 is 14.4 Å². The van der Waals surface area contributed by atoms with Gasteiger partial charge in [-0.2, -0.15) is 0 Å². The Labute approximate surface area is 87.3 Å². The predicted octanol–water partition coefficient (Wildman–Crippen LogP) is -0.0284. The maximum absolute atomic E-state index is 11.3. The Hall–Kier alpha value is -1.66. The average Bonchev–Trinajstić information content (AvgIpc) is 2.25. The summed E-state index contributed by atoms with van der Waals surface area (Å²) in [7, 11) is 1.55. The second kappa shape index (κ2) is 5.94. The number of pyridine rings is 1. The fraction of sp³-hybridized carbons (Fsp3) is 0.333. The maximum atomic E-state index is 11.3. The van der Waals surface area contributed by atoms with Gasteiger partial charge in [-0.25, -0.2) is 10.5 Å². The highest BCUT2D eigenvalue weighted by Crippen LogP contribution is 2.00. The molecule has 0 aliphatic carbocycles. The number of nitrogen functional groups attached to an aromatic ring is 1. The molecule has 3 N–H and O–H groups in total. The highest BCUT2D eigenvalue weighted by molar-refractivity contribution is 5.91. The third-order valence-corrected chi connectivity index (χ3v) is 1.57. The summed E-state index contributed by atoms with van der Waals surface area (Å²) < 4.78 is 4.74. The molecular weight excluding hydrogens is 198 g/mol. The van der Waals surface area contributed by atoms with Gasteiger partial charge in [-0.3, -0.25) is 9.63 Å². The van der Waals surface area contributed by atoms with E-state index >= 15 is 0 Å². The van der Waals surface area contributed by atoms with Crippen LogP contribution in [-0.4, -0.2) is 31.2 Å². The first-order valence-corrected chi connectivity index (χ1v) is 4.36. The van der Waals surface area contributed by atoms with Crippen molar-refractivity contribution in [2.75, 3.05) is 26.1 Å². The van der Waals surface area contributed by atoms with E-state index in [2.05, 4.69) is 10.5 Å². The number of amides is 1. The van der Waals surface area contributed by atoms with E-state index in [1.54, 1.807) is 13.2 Å². The number of nitrogens with two attached hydrogens (primary N) is 1. The Morgan fingerprint density at radius 2 is 2.33 bits per heavy atom. The van der Waals surface area contributed by atoms with Crippen molar-refractivity contribution in [1.82, 2.24) is 10.5 Å². The number of ether oxygens (including phenoxy) is 1. The molecular formula is C9H13N3O3. The Morgan fingerprint density at radius 3 is 2.93 bits per heavy atom. The standard InChI is InChI=1S/C9H13N3O3/c1-14-4-5-15-12-9(13)8-3-2-7(10)6-11-8/h2-3,6H,4-5,10H2,1H3,(H,12,13). The number of hydrogen-bond donors (Lipinski definition) is 2. The molecule has 0 spiro atoms. The number of aromatic nitrogens is 1. The first kappa shape index (κ1) is 11.4. The molecule has 0 bridgehead atoms. The van der Waals surface area contributed by atoms with Gasteiger partial charge in [0.05, 0.1) is 25.1 Å². The van der Waals surface area contributed by atoms with Gasteiger partial charge in [0.25, 0.3) is 5.91 Å². The molecule has 0 saturated heterocycles. The number of methoxy groups -OCH3 is 1. The number of nitrogens with zero attached hydrogens (tertiary/aromatic N) is 1. The van der Waals surface area contributed by atoms with E-state index < -0.39 is 5.91 Å². The lowest BCUT2D eigenvalue weighted by Crippen LogP contribution is -2.26. The summed E-state index contributed by atoms with van der Waals surface area (Å²) in [6.07, 6.45) is 1.41. The van der Waals surface area contributed by atoms with Gasteiger partial charge >= 0.3 is 0 Å². The van der Waals surface area contributed by atoms with E-state index in [4.69, 9.17) is 15.3 Å². The van der Waals surface area contributed by atoms with E-state index in [9.17, 15) is 4.79 Å². The van der Waals surface area contributed by atoms with Crippen molar-refractivity contribution in [2.24, 2.45) is 0 Å². The van der Waals surface area contributed by atoms with Gasteiger partial charge in [-0.1, -0.05) is 0 Å². The van der Waals surface area contributed by atoms with E-state index in [0.29, 0.717) is 12.3 Å². The van der Waals surface area contributed by atoms with Crippen LogP contribution in [0.5, 0.6) is 0 Å². The van der Waals surface area contributed by atoms with Crippen LogP contribution in [0.1, 0.15) is 10.5 Å². The number of hydroxylamine groups is 1. The number of carbonyl (C=O) groups excluding carboxylic acids is 1. The fourth-order valence-corrected chi connectivity index (χ4v) is 0.833. The van der Waals surface area contributed by atoms with Crippen molar-refractivity contribution in [2.45, 2.75) is 0 Å². The SMILES string of the molecule is COCCONC(=O)c1ccc(N)cn1. The summed E-state index contributed by atoms with van der Waals surface area (Å²) in [4.78, 5) is 20.0. The molecule has 0 radical (unpaired) electrons. The van der Waals surface area contributed by atoms with E-state index in [-0.39, 0.29) is 12.3 Å². The smallest absolute Gasteiger partial charge is 0.293 e. The summed E-state index contributed by atoms with van der Waals surface area (Å²) >= 11 is 0. The van der Waals surface area contributed by atoms with Crippen LogP contribution in [-0.2, 0) is 9.57 Å². The minimum Gasteiger partial charge on any atom is -0.397 e. The molecule has 1 aromatic rings. The van der Waals surface area contributed by atoms with Crippen LogP contribution in [0.4, 0.5) is 5.69 Å². The van der Waals surface area contributed by atoms with Crippen molar-refractivity contribution in [1.29, 1.82) is 0 Å². The number of anilines is 1. The summed E-state index contributed by atoms with van der Waals surface area (Å²) in [6.45, 7) is 0.701. The second-order valence-electron chi connectivity index (χ2n) is 2.75. The van der Waals surface area contributed by atoms with Crippen molar-refractivity contribution in [3.8, 4) is 0 Å². The van der Waals surface area contributed by atoms with E-state index in [1.807, 2.05) is 0 Å². The summed E-state index contributed by atoms with van der Waals surface area (Å²) in [5, 5.41) is 0. The van der Waals surface area contributed by atoms with Crippen LogP contribution in [0, 0.1) is 0 Å². The van der Waals surface area contributed by atoms with Gasteiger partial charge in [-0.05, 0) is 12.1 Å². The largest absolute Gasteiger partial charge is 0.397 e. The minimum atomic E-state index is -0.411. The van der Waals surface area contributed by atoms with Crippen LogP contribution in [0.3, 0.4) is 0 Å².